The Kier molecular flexibility index (Phi) is 2.18. The Morgan fingerprint density at radius 3 is 2.43 bits per heavy atom. The summed E-state index contributed by atoms with van der Waals surface area (Å²) in [5, 5.41) is 11.0. The van der Waals surface area contributed by atoms with Crippen LogP contribution in [0.2, 0.25) is 0 Å². The average molecular weight is 188 g/mol. The van der Waals surface area contributed by atoms with Gasteiger partial charge in [-0.25, -0.2) is 4.68 Å². The highest BCUT2D eigenvalue weighted by Crippen LogP contribution is 2.11. The highest BCUT2D eigenvalue weighted by Gasteiger charge is 1.98. The van der Waals surface area contributed by atoms with Crippen LogP contribution in [-0.4, -0.2) is 22.0 Å². The third-order valence-electron chi connectivity index (χ3n) is 2.03. The van der Waals surface area contributed by atoms with Gasteiger partial charge in [-0.15, -0.1) is 5.10 Å². The summed E-state index contributed by atoms with van der Waals surface area (Å²) in [6, 6.07) is 8.01. The van der Waals surface area contributed by atoms with Gasteiger partial charge in [0.05, 0.1) is 17.6 Å². The first-order chi connectivity index (χ1) is 6.79. The number of hydrogen-bond acceptors (Lipinski definition) is 3. The number of nitrogens with zero attached hydrogens (tertiary/aromatic N) is 3. The summed E-state index contributed by atoms with van der Waals surface area (Å²) in [5.41, 5.74) is 3.03. The molecule has 4 nitrogen and oxygen atoms in total. The molecule has 0 aliphatic carbocycles. The Balaban J connectivity index is 2.33. The molecule has 14 heavy (non-hydrogen) atoms. The zero-order valence-corrected chi connectivity index (χ0v) is 8.23. The molecule has 0 unspecified atom stereocenters. The fraction of sp³-hybridized carbons (Fsp3) is 0.200. The molecule has 0 atom stereocenters. The van der Waals surface area contributed by atoms with Crippen LogP contribution in [0.4, 0.5) is 5.69 Å². The van der Waals surface area contributed by atoms with Gasteiger partial charge in [0.1, 0.15) is 0 Å². The number of nitrogens with one attached hydrogen (secondary N) is 1. The van der Waals surface area contributed by atoms with Crippen molar-refractivity contribution in [3.63, 3.8) is 0 Å². The van der Waals surface area contributed by atoms with E-state index in [9.17, 15) is 0 Å². The molecule has 2 aromatic rings. The lowest BCUT2D eigenvalue weighted by molar-refractivity contribution is 0.801. The van der Waals surface area contributed by atoms with Crippen LogP contribution in [0.3, 0.4) is 0 Å². The molecular formula is C10H12N4. The molecule has 0 amide bonds. The lowest BCUT2D eigenvalue weighted by Crippen LogP contribution is -1.95. The zero-order valence-electron chi connectivity index (χ0n) is 8.23. The molecule has 0 saturated carbocycles. The molecule has 0 aliphatic rings. The maximum Gasteiger partial charge on any atom is 0.0800 e. The minimum atomic E-state index is 0.919. The van der Waals surface area contributed by atoms with Crippen LogP contribution in [0, 0.1) is 6.92 Å². The minimum Gasteiger partial charge on any atom is -0.388 e. The van der Waals surface area contributed by atoms with Gasteiger partial charge < -0.3 is 5.32 Å². The molecule has 1 N–H and O–H groups in total. The Hall–Kier alpha value is -1.84. The summed E-state index contributed by atoms with van der Waals surface area (Å²) >= 11 is 0. The van der Waals surface area contributed by atoms with Crippen molar-refractivity contribution < 1.29 is 0 Å². The van der Waals surface area contributed by atoms with E-state index < -0.39 is 0 Å². The van der Waals surface area contributed by atoms with E-state index >= 15 is 0 Å². The predicted molar refractivity (Wildman–Crippen MR) is 55.6 cm³/mol. The topological polar surface area (TPSA) is 42.7 Å². The van der Waals surface area contributed by atoms with E-state index in [4.69, 9.17) is 0 Å². The quantitative estimate of drug-likeness (QED) is 0.778. The first-order valence-corrected chi connectivity index (χ1v) is 4.47. The Morgan fingerprint density at radius 1 is 1.21 bits per heavy atom. The van der Waals surface area contributed by atoms with Crippen molar-refractivity contribution in [1.29, 1.82) is 0 Å². The molecule has 1 aromatic carbocycles. The van der Waals surface area contributed by atoms with Crippen LogP contribution in [-0.2, 0) is 0 Å². The average Bonchev–Trinajstić information content (AvgIpc) is 2.65. The molecule has 0 bridgehead atoms. The molecule has 0 aliphatic heterocycles. The first kappa shape index (κ1) is 8.74. The van der Waals surface area contributed by atoms with Gasteiger partial charge in [0.2, 0.25) is 0 Å². The van der Waals surface area contributed by atoms with E-state index in [1.165, 1.54) is 0 Å². The van der Waals surface area contributed by atoms with Crippen LogP contribution in [0.25, 0.3) is 5.69 Å². The zero-order chi connectivity index (χ0) is 9.97. The number of hydrogen-bond donors (Lipinski definition) is 1. The van der Waals surface area contributed by atoms with Gasteiger partial charge in [-0.2, -0.15) is 0 Å². The first-order valence-electron chi connectivity index (χ1n) is 4.47. The van der Waals surface area contributed by atoms with Crippen molar-refractivity contribution in [2.45, 2.75) is 6.92 Å². The summed E-state index contributed by atoms with van der Waals surface area (Å²) in [4.78, 5) is 0. The second-order valence-electron chi connectivity index (χ2n) is 3.10. The third-order valence-corrected chi connectivity index (χ3v) is 2.03. The smallest absolute Gasteiger partial charge is 0.0800 e. The lowest BCUT2D eigenvalue weighted by atomic mass is 10.3. The van der Waals surface area contributed by atoms with Crippen molar-refractivity contribution in [3.05, 3.63) is 36.2 Å². The van der Waals surface area contributed by atoms with E-state index in [0.717, 1.165) is 17.1 Å². The van der Waals surface area contributed by atoms with Gasteiger partial charge in [-0.1, -0.05) is 5.21 Å². The normalized spacial score (nSPS) is 10.1. The standard InChI is InChI=1S/C10H12N4/c1-8-7-14(13-12-8)10-5-3-9(11-2)4-6-10/h3-7,11H,1-2H3. The molecule has 0 saturated heterocycles. The maximum absolute atomic E-state index is 3.99. The van der Waals surface area contributed by atoms with Crippen molar-refractivity contribution in [1.82, 2.24) is 15.0 Å². The molecule has 0 radical (unpaired) electrons. The largest absolute Gasteiger partial charge is 0.388 e. The Labute approximate surface area is 82.6 Å². The number of aryl methyl sites for hydroxylation is 1. The van der Waals surface area contributed by atoms with E-state index in [2.05, 4.69) is 15.6 Å². The Bertz CT molecular complexity index is 416. The Morgan fingerprint density at radius 2 is 1.93 bits per heavy atom. The number of anilines is 1. The van der Waals surface area contributed by atoms with E-state index in [0.29, 0.717) is 0 Å². The van der Waals surface area contributed by atoms with Gasteiger partial charge in [0.25, 0.3) is 0 Å². The molecule has 0 fully saturated rings. The fourth-order valence-electron chi connectivity index (χ4n) is 1.25. The van der Waals surface area contributed by atoms with Crippen LogP contribution in [0.5, 0.6) is 0 Å². The predicted octanol–water partition coefficient (Wildman–Crippen LogP) is 1.62. The highest BCUT2D eigenvalue weighted by molar-refractivity contribution is 5.47. The summed E-state index contributed by atoms with van der Waals surface area (Å²) < 4.78 is 1.76. The molecule has 72 valence electrons. The van der Waals surface area contributed by atoms with Crippen molar-refractivity contribution in [3.8, 4) is 5.69 Å². The number of aromatic nitrogens is 3. The second-order valence-corrected chi connectivity index (χ2v) is 3.10. The summed E-state index contributed by atoms with van der Waals surface area (Å²) in [7, 11) is 1.90. The molecule has 2 rings (SSSR count). The van der Waals surface area contributed by atoms with E-state index in [-0.39, 0.29) is 0 Å². The van der Waals surface area contributed by atoms with Gasteiger partial charge in [-0.3, -0.25) is 0 Å². The van der Waals surface area contributed by atoms with E-state index in [1.807, 2.05) is 44.4 Å². The van der Waals surface area contributed by atoms with Crippen molar-refractivity contribution in [2.75, 3.05) is 12.4 Å². The highest BCUT2D eigenvalue weighted by atomic mass is 15.4. The summed E-state index contributed by atoms with van der Waals surface area (Å²) in [6.07, 6.45) is 1.90. The molecule has 4 heteroatoms. The molecular weight excluding hydrogens is 176 g/mol. The van der Waals surface area contributed by atoms with Crippen LogP contribution in [0.1, 0.15) is 5.69 Å². The fourth-order valence-corrected chi connectivity index (χ4v) is 1.25. The van der Waals surface area contributed by atoms with Crippen LogP contribution < -0.4 is 5.32 Å². The van der Waals surface area contributed by atoms with Gasteiger partial charge in [0, 0.05) is 12.7 Å². The molecule has 1 heterocycles. The van der Waals surface area contributed by atoms with Crippen molar-refractivity contribution in [2.24, 2.45) is 0 Å². The minimum absolute atomic E-state index is 0.919. The molecule has 1 aromatic heterocycles. The monoisotopic (exact) mass is 188 g/mol. The van der Waals surface area contributed by atoms with Crippen molar-refractivity contribution >= 4 is 5.69 Å². The second kappa shape index (κ2) is 3.49. The SMILES string of the molecule is CNc1ccc(-n2cc(C)nn2)cc1. The van der Waals surface area contributed by atoms with Gasteiger partial charge in [0.15, 0.2) is 0 Å². The molecule has 0 spiro atoms. The summed E-state index contributed by atoms with van der Waals surface area (Å²) in [5.74, 6) is 0. The van der Waals surface area contributed by atoms with Crippen LogP contribution in [0.15, 0.2) is 30.5 Å². The summed E-state index contributed by atoms with van der Waals surface area (Å²) in [6.45, 7) is 1.92. The van der Waals surface area contributed by atoms with E-state index in [1.54, 1.807) is 4.68 Å². The van der Waals surface area contributed by atoms with Gasteiger partial charge in [-0.05, 0) is 31.2 Å². The maximum atomic E-state index is 3.99. The third kappa shape index (κ3) is 1.59. The lowest BCUT2D eigenvalue weighted by Gasteiger charge is -2.02. The van der Waals surface area contributed by atoms with Crippen LogP contribution >= 0.6 is 0 Å². The van der Waals surface area contributed by atoms with Gasteiger partial charge >= 0.3 is 0 Å². The number of rotatable bonds is 2. The number of benzene rings is 1.